The van der Waals surface area contributed by atoms with E-state index in [4.69, 9.17) is 0 Å². The lowest BCUT2D eigenvalue weighted by Gasteiger charge is -2.13. The van der Waals surface area contributed by atoms with Crippen LogP contribution >= 0.6 is 34.4 Å². The molecule has 1 aliphatic rings. The van der Waals surface area contributed by atoms with Crippen molar-refractivity contribution in [2.75, 3.05) is 11.1 Å². The monoisotopic (exact) mass is 481 g/mol. The van der Waals surface area contributed by atoms with Gasteiger partial charge in [-0.2, -0.15) is 0 Å². The zero-order valence-corrected chi connectivity index (χ0v) is 20.2. The molecule has 0 spiro atoms. The highest BCUT2D eigenvalue weighted by atomic mass is 32.2. The van der Waals surface area contributed by atoms with Crippen molar-refractivity contribution in [1.82, 2.24) is 19.7 Å². The van der Waals surface area contributed by atoms with Crippen molar-refractivity contribution in [2.24, 2.45) is 0 Å². The van der Waals surface area contributed by atoms with Gasteiger partial charge in [0.05, 0.1) is 11.4 Å². The summed E-state index contributed by atoms with van der Waals surface area (Å²) in [6.45, 7) is 2.86. The fourth-order valence-electron chi connectivity index (χ4n) is 3.92. The van der Waals surface area contributed by atoms with E-state index in [1.165, 1.54) is 58.4 Å². The third-order valence-corrected chi connectivity index (χ3v) is 8.30. The first-order valence-corrected chi connectivity index (χ1v) is 13.4. The molecule has 1 N–H and O–H groups in total. The summed E-state index contributed by atoms with van der Waals surface area (Å²) >= 11 is 4.69. The number of aryl methyl sites for hydroxylation is 1. The van der Waals surface area contributed by atoms with Gasteiger partial charge in [0.25, 0.3) is 0 Å². The molecule has 0 unspecified atom stereocenters. The number of thiazole rings is 1. The van der Waals surface area contributed by atoms with E-state index in [0.29, 0.717) is 5.13 Å². The smallest absolute Gasteiger partial charge is 0.236 e. The first-order valence-electron chi connectivity index (χ1n) is 10.7. The molecule has 1 amide bonds. The normalized spacial score (nSPS) is 13.2. The molecule has 0 saturated heterocycles. The Labute approximate surface area is 199 Å². The second-order valence-electron chi connectivity index (χ2n) is 7.55. The summed E-state index contributed by atoms with van der Waals surface area (Å²) in [5.74, 6) is 1.09. The number of thiophene rings is 1. The average molecular weight is 482 g/mol. The number of carbonyl (C=O) groups excluding carboxylic acids is 1. The van der Waals surface area contributed by atoms with Gasteiger partial charge in [0.15, 0.2) is 16.1 Å². The van der Waals surface area contributed by atoms with Gasteiger partial charge < -0.3 is 9.88 Å². The molecule has 0 bridgehead atoms. The quantitative estimate of drug-likeness (QED) is 0.340. The summed E-state index contributed by atoms with van der Waals surface area (Å²) in [4.78, 5) is 18.6. The SMILES string of the molecule is CCn1c(SCC(=O)Nc2nc(-c3ccccc3)cs2)nnc1-c1csc2c1CCCC2. The number of thioether (sulfide) groups is 1. The Hall–Kier alpha value is -2.49. The summed E-state index contributed by atoms with van der Waals surface area (Å²) in [7, 11) is 0. The van der Waals surface area contributed by atoms with Gasteiger partial charge in [-0.25, -0.2) is 4.98 Å². The highest BCUT2D eigenvalue weighted by Crippen LogP contribution is 2.36. The average Bonchev–Trinajstić information content (AvgIpc) is 3.56. The van der Waals surface area contributed by atoms with Crippen molar-refractivity contribution >= 4 is 45.5 Å². The highest BCUT2D eigenvalue weighted by Gasteiger charge is 2.22. The molecule has 32 heavy (non-hydrogen) atoms. The molecule has 9 heteroatoms. The number of hydrogen-bond donors (Lipinski definition) is 1. The number of carbonyl (C=O) groups is 1. The minimum Gasteiger partial charge on any atom is -0.302 e. The fourth-order valence-corrected chi connectivity index (χ4v) is 6.58. The zero-order valence-electron chi connectivity index (χ0n) is 17.7. The third kappa shape index (κ3) is 4.37. The lowest BCUT2D eigenvalue weighted by Crippen LogP contribution is -2.14. The van der Waals surface area contributed by atoms with E-state index in [2.05, 4.69) is 37.4 Å². The van der Waals surface area contributed by atoms with Gasteiger partial charge in [-0.15, -0.1) is 32.9 Å². The van der Waals surface area contributed by atoms with Crippen LogP contribution in [0.3, 0.4) is 0 Å². The van der Waals surface area contributed by atoms with Crippen molar-refractivity contribution in [1.29, 1.82) is 0 Å². The first-order chi connectivity index (χ1) is 15.7. The van der Waals surface area contributed by atoms with Crippen LogP contribution in [0.1, 0.15) is 30.2 Å². The topological polar surface area (TPSA) is 72.7 Å². The third-order valence-electron chi connectivity index (χ3n) is 5.49. The van der Waals surface area contributed by atoms with Crippen LogP contribution in [0.5, 0.6) is 0 Å². The van der Waals surface area contributed by atoms with Crippen molar-refractivity contribution < 1.29 is 4.79 Å². The van der Waals surface area contributed by atoms with E-state index in [9.17, 15) is 4.79 Å². The first kappa shape index (κ1) is 21.4. The minimum absolute atomic E-state index is 0.0934. The largest absolute Gasteiger partial charge is 0.302 e. The molecular weight excluding hydrogens is 458 g/mol. The van der Waals surface area contributed by atoms with E-state index >= 15 is 0 Å². The predicted molar refractivity (Wildman–Crippen MR) is 133 cm³/mol. The van der Waals surface area contributed by atoms with E-state index in [0.717, 1.165) is 35.2 Å². The second-order valence-corrected chi connectivity index (χ2v) is 10.3. The zero-order chi connectivity index (χ0) is 21.9. The van der Waals surface area contributed by atoms with Crippen molar-refractivity contribution in [3.05, 3.63) is 51.5 Å². The Morgan fingerprint density at radius 1 is 1.12 bits per heavy atom. The second kappa shape index (κ2) is 9.56. The summed E-state index contributed by atoms with van der Waals surface area (Å²) in [5.41, 5.74) is 4.56. The number of amides is 1. The van der Waals surface area contributed by atoms with Gasteiger partial charge in [0, 0.05) is 33.3 Å². The van der Waals surface area contributed by atoms with Crippen LogP contribution in [0.15, 0.2) is 46.2 Å². The molecule has 5 rings (SSSR count). The number of rotatable bonds is 7. The van der Waals surface area contributed by atoms with Gasteiger partial charge in [0.1, 0.15) is 0 Å². The van der Waals surface area contributed by atoms with Crippen molar-refractivity contribution in [2.45, 2.75) is 44.3 Å². The number of benzene rings is 1. The molecule has 3 aromatic heterocycles. The summed E-state index contributed by atoms with van der Waals surface area (Å²) in [6.07, 6.45) is 4.80. The van der Waals surface area contributed by atoms with Gasteiger partial charge >= 0.3 is 0 Å². The number of fused-ring (bicyclic) bond motifs is 1. The van der Waals surface area contributed by atoms with E-state index in [-0.39, 0.29) is 11.7 Å². The number of hydrogen-bond acceptors (Lipinski definition) is 7. The highest BCUT2D eigenvalue weighted by molar-refractivity contribution is 7.99. The molecule has 3 heterocycles. The van der Waals surface area contributed by atoms with Crippen LogP contribution in [0.25, 0.3) is 22.6 Å². The number of anilines is 1. The number of nitrogens with one attached hydrogen (secondary N) is 1. The summed E-state index contributed by atoms with van der Waals surface area (Å²) in [6, 6.07) is 9.96. The van der Waals surface area contributed by atoms with Gasteiger partial charge in [-0.3, -0.25) is 4.79 Å². The Morgan fingerprint density at radius 3 is 2.81 bits per heavy atom. The van der Waals surface area contributed by atoms with Gasteiger partial charge in [0.2, 0.25) is 5.91 Å². The van der Waals surface area contributed by atoms with Crippen LogP contribution in [0.4, 0.5) is 5.13 Å². The Bertz CT molecular complexity index is 1230. The number of aromatic nitrogens is 4. The summed E-state index contributed by atoms with van der Waals surface area (Å²) < 4.78 is 2.12. The molecule has 0 atom stereocenters. The van der Waals surface area contributed by atoms with E-state index in [1.807, 2.05) is 47.0 Å². The molecule has 0 fully saturated rings. The van der Waals surface area contributed by atoms with E-state index < -0.39 is 0 Å². The molecule has 0 aliphatic heterocycles. The Balaban J connectivity index is 1.25. The van der Waals surface area contributed by atoms with Crippen LogP contribution < -0.4 is 5.32 Å². The molecule has 6 nitrogen and oxygen atoms in total. The maximum atomic E-state index is 12.5. The van der Waals surface area contributed by atoms with Crippen LogP contribution in [0, 0.1) is 0 Å². The molecule has 1 aliphatic carbocycles. The maximum Gasteiger partial charge on any atom is 0.236 e. The Morgan fingerprint density at radius 2 is 1.97 bits per heavy atom. The number of nitrogens with zero attached hydrogens (tertiary/aromatic N) is 4. The standard InChI is InChI=1S/C23H23N5OS3/c1-2-28-21(17-12-30-19-11-7-6-10-16(17)19)26-27-23(28)32-14-20(29)25-22-24-18(13-31-22)15-8-4-3-5-9-15/h3-5,8-9,12-13H,2,6-7,10-11,14H2,1H3,(H,24,25,29). The predicted octanol–water partition coefficient (Wildman–Crippen LogP) is 5.76. The lowest BCUT2D eigenvalue weighted by atomic mass is 9.96. The molecule has 0 radical (unpaired) electrons. The molecule has 1 aromatic carbocycles. The summed E-state index contributed by atoms with van der Waals surface area (Å²) in [5, 5.41) is 17.4. The molecular formula is C23H23N5OS3. The molecule has 164 valence electrons. The molecule has 0 saturated carbocycles. The molecule has 4 aromatic rings. The minimum atomic E-state index is -0.0934. The van der Waals surface area contributed by atoms with Crippen LogP contribution in [0.2, 0.25) is 0 Å². The fraction of sp³-hybridized carbons (Fsp3) is 0.304. The lowest BCUT2D eigenvalue weighted by molar-refractivity contribution is -0.113. The Kier molecular flexibility index (Phi) is 6.38. The van der Waals surface area contributed by atoms with Crippen molar-refractivity contribution in [3.8, 4) is 22.6 Å². The van der Waals surface area contributed by atoms with Crippen LogP contribution in [-0.2, 0) is 24.2 Å². The van der Waals surface area contributed by atoms with Gasteiger partial charge in [-0.1, -0.05) is 42.1 Å². The van der Waals surface area contributed by atoms with Crippen LogP contribution in [-0.4, -0.2) is 31.4 Å². The maximum absolute atomic E-state index is 12.5. The van der Waals surface area contributed by atoms with Crippen molar-refractivity contribution in [3.63, 3.8) is 0 Å². The van der Waals surface area contributed by atoms with Gasteiger partial charge in [-0.05, 0) is 38.2 Å². The van der Waals surface area contributed by atoms with E-state index in [1.54, 1.807) is 0 Å².